The van der Waals surface area contributed by atoms with Gasteiger partial charge in [0.1, 0.15) is 5.56 Å². The molecule has 0 bridgehead atoms. The largest absolute Gasteiger partial charge is 0.462 e. The van der Waals surface area contributed by atoms with Gasteiger partial charge in [-0.3, -0.25) is 4.79 Å². The number of pyridine rings is 1. The number of nitrogen functional groups attached to an aromatic ring is 1. The van der Waals surface area contributed by atoms with Gasteiger partial charge in [0.2, 0.25) is 0 Å². The van der Waals surface area contributed by atoms with Crippen molar-refractivity contribution in [3.05, 3.63) is 40.2 Å². The van der Waals surface area contributed by atoms with Crippen molar-refractivity contribution in [1.82, 2.24) is 4.98 Å². The summed E-state index contributed by atoms with van der Waals surface area (Å²) in [4.78, 5) is 25.9. The lowest BCUT2D eigenvalue weighted by Gasteiger charge is -2.07. The molecule has 0 unspecified atom stereocenters. The van der Waals surface area contributed by atoms with Crippen LogP contribution in [0.5, 0.6) is 0 Å². The summed E-state index contributed by atoms with van der Waals surface area (Å²) >= 11 is 0. The minimum Gasteiger partial charge on any atom is -0.462 e. The van der Waals surface area contributed by atoms with Crippen LogP contribution in [-0.2, 0) is 4.74 Å². The first-order valence-corrected chi connectivity index (χ1v) is 5.22. The number of ether oxygens (including phenoxy) is 1. The maximum Gasteiger partial charge on any atom is 0.345 e. The van der Waals surface area contributed by atoms with Crippen molar-refractivity contribution < 1.29 is 9.53 Å². The molecule has 1 aromatic carbocycles. The molecule has 17 heavy (non-hydrogen) atoms. The van der Waals surface area contributed by atoms with Gasteiger partial charge in [0.15, 0.2) is 0 Å². The molecule has 2 rings (SSSR count). The fourth-order valence-electron chi connectivity index (χ4n) is 1.67. The molecular weight excluding hydrogens is 220 g/mol. The molecule has 0 saturated heterocycles. The van der Waals surface area contributed by atoms with Gasteiger partial charge in [-0.05, 0) is 13.0 Å². The summed E-state index contributed by atoms with van der Waals surface area (Å²) in [6.45, 7) is 1.87. The monoisotopic (exact) mass is 232 g/mol. The second-order valence-electron chi connectivity index (χ2n) is 3.51. The number of benzene rings is 1. The lowest BCUT2D eigenvalue weighted by molar-refractivity contribution is 0.0526. The number of esters is 1. The summed E-state index contributed by atoms with van der Waals surface area (Å²) in [6.07, 6.45) is 0. The number of hydrogen-bond donors (Lipinski definition) is 2. The van der Waals surface area contributed by atoms with Crippen LogP contribution in [0.3, 0.4) is 0 Å². The van der Waals surface area contributed by atoms with E-state index < -0.39 is 11.5 Å². The van der Waals surface area contributed by atoms with Crippen LogP contribution in [0.2, 0.25) is 0 Å². The van der Waals surface area contributed by atoms with Crippen LogP contribution in [0, 0.1) is 0 Å². The molecule has 3 N–H and O–H groups in total. The molecule has 0 radical (unpaired) electrons. The Labute approximate surface area is 97.2 Å². The highest BCUT2D eigenvalue weighted by atomic mass is 16.5. The first-order valence-electron chi connectivity index (χ1n) is 5.22. The van der Waals surface area contributed by atoms with Gasteiger partial charge in [-0.2, -0.15) is 0 Å². The molecule has 2 aromatic rings. The fraction of sp³-hybridized carbons (Fsp3) is 0.167. The molecule has 0 aliphatic carbocycles. The molecule has 0 fully saturated rings. The van der Waals surface area contributed by atoms with Crippen molar-refractivity contribution in [2.24, 2.45) is 0 Å². The van der Waals surface area contributed by atoms with Gasteiger partial charge in [-0.25, -0.2) is 4.79 Å². The molecule has 0 aliphatic rings. The molecule has 0 aliphatic heterocycles. The molecule has 1 heterocycles. The number of H-pyrrole nitrogens is 1. The van der Waals surface area contributed by atoms with Gasteiger partial charge in [-0.15, -0.1) is 0 Å². The van der Waals surface area contributed by atoms with E-state index in [9.17, 15) is 9.59 Å². The van der Waals surface area contributed by atoms with E-state index in [2.05, 4.69) is 4.98 Å². The third kappa shape index (κ3) is 1.87. The molecule has 0 saturated carbocycles. The molecule has 5 heteroatoms. The quantitative estimate of drug-likeness (QED) is 0.764. The van der Waals surface area contributed by atoms with E-state index in [0.717, 1.165) is 0 Å². The number of nitrogens with one attached hydrogen (secondary N) is 1. The Morgan fingerprint density at radius 3 is 2.82 bits per heavy atom. The highest BCUT2D eigenvalue weighted by Crippen LogP contribution is 2.20. The number of carbonyl (C=O) groups excluding carboxylic acids is 1. The topological polar surface area (TPSA) is 85.2 Å². The van der Waals surface area contributed by atoms with E-state index in [0.29, 0.717) is 10.9 Å². The van der Waals surface area contributed by atoms with Crippen molar-refractivity contribution in [2.45, 2.75) is 6.92 Å². The first kappa shape index (κ1) is 11.2. The van der Waals surface area contributed by atoms with E-state index in [1.54, 1.807) is 31.2 Å². The van der Waals surface area contributed by atoms with Crippen LogP contribution < -0.4 is 11.3 Å². The Bertz CT molecular complexity index is 631. The molecule has 0 spiro atoms. The van der Waals surface area contributed by atoms with Crippen LogP contribution in [-0.4, -0.2) is 17.6 Å². The van der Waals surface area contributed by atoms with Gasteiger partial charge in [0.25, 0.3) is 5.56 Å². The highest BCUT2D eigenvalue weighted by Gasteiger charge is 2.18. The Morgan fingerprint density at radius 1 is 1.41 bits per heavy atom. The minimum atomic E-state index is -0.697. The van der Waals surface area contributed by atoms with Crippen LogP contribution in [0.1, 0.15) is 17.3 Å². The molecule has 88 valence electrons. The van der Waals surface area contributed by atoms with E-state index >= 15 is 0 Å². The summed E-state index contributed by atoms with van der Waals surface area (Å²) in [5.41, 5.74) is 5.92. The van der Waals surface area contributed by atoms with Gasteiger partial charge in [0, 0.05) is 5.39 Å². The maximum absolute atomic E-state index is 11.7. The van der Waals surface area contributed by atoms with Gasteiger partial charge in [-0.1, -0.05) is 18.2 Å². The molecular formula is C12H12N2O3. The Morgan fingerprint density at radius 2 is 2.12 bits per heavy atom. The fourth-order valence-corrected chi connectivity index (χ4v) is 1.67. The van der Waals surface area contributed by atoms with Crippen LogP contribution >= 0.6 is 0 Å². The van der Waals surface area contributed by atoms with Gasteiger partial charge >= 0.3 is 5.97 Å². The average molecular weight is 232 g/mol. The normalized spacial score (nSPS) is 10.4. The predicted molar refractivity (Wildman–Crippen MR) is 64.9 cm³/mol. The number of rotatable bonds is 2. The summed E-state index contributed by atoms with van der Waals surface area (Å²) in [6, 6.07) is 7.03. The second-order valence-corrected chi connectivity index (χ2v) is 3.51. The van der Waals surface area contributed by atoms with Crippen LogP contribution in [0.15, 0.2) is 29.1 Å². The number of fused-ring (bicyclic) bond motifs is 1. The number of aromatic nitrogens is 1. The number of carbonyl (C=O) groups is 1. The number of para-hydroxylation sites is 1. The third-order valence-corrected chi connectivity index (χ3v) is 2.44. The zero-order chi connectivity index (χ0) is 12.4. The van der Waals surface area contributed by atoms with Crippen molar-refractivity contribution in [3.8, 4) is 0 Å². The Hall–Kier alpha value is -2.30. The summed E-state index contributed by atoms with van der Waals surface area (Å²) in [5.74, 6) is -0.697. The average Bonchev–Trinajstić information content (AvgIpc) is 2.29. The lowest BCUT2D eigenvalue weighted by atomic mass is 10.1. The van der Waals surface area contributed by atoms with E-state index in [1.165, 1.54) is 0 Å². The molecule has 0 amide bonds. The second kappa shape index (κ2) is 4.29. The number of anilines is 1. The summed E-state index contributed by atoms with van der Waals surface area (Å²) in [7, 11) is 0. The molecule has 0 atom stereocenters. The molecule has 1 aromatic heterocycles. The maximum atomic E-state index is 11.7. The number of hydrogen-bond acceptors (Lipinski definition) is 4. The van der Waals surface area contributed by atoms with Crippen molar-refractivity contribution >= 4 is 22.6 Å². The van der Waals surface area contributed by atoms with Crippen LogP contribution in [0.25, 0.3) is 10.9 Å². The van der Waals surface area contributed by atoms with Gasteiger partial charge in [0.05, 0.1) is 17.8 Å². The zero-order valence-electron chi connectivity index (χ0n) is 9.32. The lowest BCUT2D eigenvalue weighted by Crippen LogP contribution is -2.22. The molecule has 5 nitrogen and oxygen atoms in total. The Balaban J connectivity index is 2.72. The first-order chi connectivity index (χ1) is 8.15. The van der Waals surface area contributed by atoms with E-state index in [4.69, 9.17) is 10.5 Å². The van der Waals surface area contributed by atoms with Crippen molar-refractivity contribution in [1.29, 1.82) is 0 Å². The standard InChI is InChI=1S/C12H12N2O3/c1-2-17-12(16)9-10(13)7-5-3-4-6-8(7)14-11(9)15/h3-6H,2H2,1H3,(H3,13,14,15). The van der Waals surface area contributed by atoms with Gasteiger partial charge < -0.3 is 15.5 Å². The van der Waals surface area contributed by atoms with Crippen molar-refractivity contribution in [3.63, 3.8) is 0 Å². The minimum absolute atomic E-state index is 0.134. The van der Waals surface area contributed by atoms with Crippen molar-refractivity contribution in [2.75, 3.05) is 12.3 Å². The predicted octanol–water partition coefficient (Wildman–Crippen LogP) is 1.29. The summed E-state index contributed by atoms with van der Waals surface area (Å²) in [5, 5.41) is 0.634. The van der Waals surface area contributed by atoms with E-state index in [1.807, 2.05) is 0 Å². The van der Waals surface area contributed by atoms with E-state index in [-0.39, 0.29) is 17.9 Å². The van der Waals surface area contributed by atoms with Crippen LogP contribution in [0.4, 0.5) is 5.69 Å². The highest BCUT2D eigenvalue weighted by molar-refractivity contribution is 6.03. The smallest absolute Gasteiger partial charge is 0.345 e. The third-order valence-electron chi connectivity index (χ3n) is 2.44. The zero-order valence-corrected chi connectivity index (χ0v) is 9.32. The SMILES string of the molecule is CCOC(=O)c1c(N)c2ccccc2[nH]c1=O. The number of aromatic amines is 1. The summed E-state index contributed by atoms with van der Waals surface area (Å²) < 4.78 is 4.80. The number of nitrogens with two attached hydrogens (primary N) is 1. The Kier molecular flexibility index (Phi) is 2.82.